The maximum absolute atomic E-state index is 6.12. The second kappa shape index (κ2) is 5.68. The molecule has 0 unspecified atom stereocenters. The van der Waals surface area contributed by atoms with E-state index in [1.807, 2.05) is 7.11 Å². The number of nitrogens with zero attached hydrogens (tertiary/aromatic N) is 1. The van der Waals surface area contributed by atoms with Crippen molar-refractivity contribution < 1.29 is 4.74 Å². The molecular formula is C14H28N2O. The first kappa shape index (κ1) is 13.3. The SMILES string of the molecule is CCN(CC1CC1)C1(CN)CCC(OC)CC1. The molecule has 2 fully saturated rings. The van der Waals surface area contributed by atoms with Crippen molar-refractivity contribution in [1.29, 1.82) is 0 Å². The van der Waals surface area contributed by atoms with Gasteiger partial charge < -0.3 is 10.5 Å². The van der Waals surface area contributed by atoms with Crippen LogP contribution in [0.1, 0.15) is 45.4 Å². The Hall–Kier alpha value is -0.120. The van der Waals surface area contributed by atoms with Gasteiger partial charge in [-0.1, -0.05) is 6.92 Å². The maximum Gasteiger partial charge on any atom is 0.0572 e. The fourth-order valence-electron chi connectivity index (χ4n) is 3.28. The number of hydrogen-bond donors (Lipinski definition) is 1. The van der Waals surface area contributed by atoms with Crippen LogP contribution < -0.4 is 5.73 Å². The first-order valence-corrected chi connectivity index (χ1v) is 7.22. The molecule has 0 heterocycles. The van der Waals surface area contributed by atoms with Gasteiger partial charge in [-0.2, -0.15) is 0 Å². The Morgan fingerprint density at radius 3 is 2.29 bits per heavy atom. The molecule has 100 valence electrons. The summed E-state index contributed by atoms with van der Waals surface area (Å²) in [6.45, 7) is 5.50. The first-order valence-electron chi connectivity index (χ1n) is 7.22. The van der Waals surface area contributed by atoms with E-state index in [4.69, 9.17) is 10.5 Å². The molecule has 0 aromatic heterocycles. The van der Waals surface area contributed by atoms with E-state index in [9.17, 15) is 0 Å². The molecule has 0 atom stereocenters. The molecule has 0 radical (unpaired) electrons. The zero-order valence-electron chi connectivity index (χ0n) is 11.5. The number of nitrogens with two attached hydrogens (primary N) is 1. The molecule has 2 saturated carbocycles. The van der Waals surface area contributed by atoms with Crippen LogP contribution in [0.2, 0.25) is 0 Å². The topological polar surface area (TPSA) is 38.5 Å². The number of ether oxygens (including phenoxy) is 1. The Kier molecular flexibility index (Phi) is 4.45. The van der Waals surface area contributed by atoms with Crippen molar-refractivity contribution in [3.63, 3.8) is 0 Å². The summed E-state index contributed by atoms with van der Waals surface area (Å²) in [6, 6.07) is 0. The Labute approximate surface area is 106 Å². The van der Waals surface area contributed by atoms with Gasteiger partial charge in [0.25, 0.3) is 0 Å². The quantitative estimate of drug-likeness (QED) is 0.772. The predicted molar refractivity (Wildman–Crippen MR) is 71.0 cm³/mol. The van der Waals surface area contributed by atoms with E-state index in [1.165, 1.54) is 45.1 Å². The van der Waals surface area contributed by atoms with Gasteiger partial charge in [-0.05, 0) is 51.0 Å². The highest BCUT2D eigenvalue weighted by Crippen LogP contribution is 2.38. The largest absolute Gasteiger partial charge is 0.381 e. The third-order valence-corrected chi connectivity index (χ3v) is 4.80. The Morgan fingerprint density at radius 1 is 1.24 bits per heavy atom. The van der Waals surface area contributed by atoms with Crippen molar-refractivity contribution in [1.82, 2.24) is 4.90 Å². The van der Waals surface area contributed by atoms with Gasteiger partial charge in [0.15, 0.2) is 0 Å². The van der Waals surface area contributed by atoms with Gasteiger partial charge in [-0.3, -0.25) is 4.90 Å². The lowest BCUT2D eigenvalue weighted by Crippen LogP contribution is -2.56. The number of hydrogen-bond acceptors (Lipinski definition) is 3. The van der Waals surface area contributed by atoms with Crippen LogP contribution in [0.5, 0.6) is 0 Å². The number of methoxy groups -OCH3 is 1. The monoisotopic (exact) mass is 240 g/mol. The van der Waals surface area contributed by atoms with Gasteiger partial charge in [-0.25, -0.2) is 0 Å². The zero-order chi connectivity index (χ0) is 12.3. The summed E-state index contributed by atoms with van der Waals surface area (Å²) in [5, 5.41) is 0. The summed E-state index contributed by atoms with van der Waals surface area (Å²) >= 11 is 0. The molecule has 2 aliphatic carbocycles. The summed E-state index contributed by atoms with van der Waals surface area (Å²) in [5.74, 6) is 0.957. The molecule has 3 nitrogen and oxygen atoms in total. The molecule has 3 heteroatoms. The average Bonchev–Trinajstić information content (AvgIpc) is 3.20. The van der Waals surface area contributed by atoms with Crippen molar-refractivity contribution in [2.45, 2.75) is 57.1 Å². The van der Waals surface area contributed by atoms with E-state index in [0.29, 0.717) is 6.10 Å². The third kappa shape index (κ3) is 3.01. The van der Waals surface area contributed by atoms with E-state index >= 15 is 0 Å². The van der Waals surface area contributed by atoms with Gasteiger partial charge in [0.1, 0.15) is 0 Å². The Bertz CT molecular complexity index is 232. The highest BCUT2D eigenvalue weighted by molar-refractivity contribution is 4.97. The van der Waals surface area contributed by atoms with Crippen LogP contribution in [-0.4, -0.2) is 43.3 Å². The molecular weight excluding hydrogens is 212 g/mol. The van der Waals surface area contributed by atoms with Crippen molar-refractivity contribution in [3.05, 3.63) is 0 Å². The van der Waals surface area contributed by atoms with E-state index < -0.39 is 0 Å². The molecule has 2 N–H and O–H groups in total. The van der Waals surface area contributed by atoms with Gasteiger partial charge in [0.05, 0.1) is 6.10 Å². The lowest BCUT2D eigenvalue weighted by Gasteiger charge is -2.47. The summed E-state index contributed by atoms with van der Waals surface area (Å²) in [6.07, 6.45) is 8.10. The van der Waals surface area contributed by atoms with E-state index in [2.05, 4.69) is 11.8 Å². The lowest BCUT2D eigenvalue weighted by atomic mass is 9.78. The third-order valence-electron chi connectivity index (χ3n) is 4.80. The van der Waals surface area contributed by atoms with Gasteiger partial charge >= 0.3 is 0 Å². The standard InChI is InChI=1S/C14H28N2O/c1-3-16(10-12-4-5-12)14(11-15)8-6-13(17-2)7-9-14/h12-13H,3-11,15H2,1-2H3. The van der Waals surface area contributed by atoms with Gasteiger partial charge in [-0.15, -0.1) is 0 Å². The Balaban J connectivity index is 1.96. The Morgan fingerprint density at radius 2 is 1.88 bits per heavy atom. The molecule has 0 amide bonds. The molecule has 2 rings (SSSR count). The van der Waals surface area contributed by atoms with E-state index in [1.54, 1.807) is 0 Å². The second-order valence-electron chi connectivity index (χ2n) is 5.85. The van der Waals surface area contributed by atoms with Crippen LogP contribution in [0.15, 0.2) is 0 Å². The van der Waals surface area contributed by atoms with Crippen molar-refractivity contribution >= 4 is 0 Å². The van der Waals surface area contributed by atoms with Crippen LogP contribution in [0.3, 0.4) is 0 Å². The van der Waals surface area contributed by atoms with Crippen LogP contribution in [0.4, 0.5) is 0 Å². The summed E-state index contributed by atoms with van der Waals surface area (Å²) in [7, 11) is 1.84. The maximum atomic E-state index is 6.12. The smallest absolute Gasteiger partial charge is 0.0572 e. The van der Waals surface area contributed by atoms with Crippen molar-refractivity contribution in [3.8, 4) is 0 Å². The predicted octanol–water partition coefficient (Wildman–Crippen LogP) is 2.00. The molecule has 0 spiro atoms. The summed E-state index contributed by atoms with van der Waals surface area (Å²) in [4.78, 5) is 2.66. The van der Waals surface area contributed by atoms with Gasteiger partial charge in [0.2, 0.25) is 0 Å². The minimum Gasteiger partial charge on any atom is -0.381 e. The highest BCUT2D eigenvalue weighted by Gasteiger charge is 2.40. The van der Waals surface area contributed by atoms with Crippen molar-refractivity contribution in [2.24, 2.45) is 11.7 Å². The molecule has 0 bridgehead atoms. The van der Waals surface area contributed by atoms with E-state index in [0.717, 1.165) is 19.0 Å². The van der Waals surface area contributed by atoms with Gasteiger partial charge in [0, 0.05) is 25.7 Å². The molecule has 0 aromatic rings. The minimum atomic E-state index is 0.270. The normalized spacial score (nSPS) is 34.2. The molecule has 17 heavy (non-hydrogen) atoms. The van der Waals surface area contributed by atoms with E-state index in [-0.39, 0.29) is 5.54 Å². The first-order chi connectivity index (χ1) is 8.24. The molecule has 0 aromatic carbocycles. The summed E-state index contributed by atoms with van der Waals surface area (Å²) in [5.41, 5.74) is 6.39. The molecule has 2 aliphatic rings. The average molecular weight is 240 g/mol. The fraction of sp³-hybridized carbons (Fsp3) is 1.00. The molecule has 0 saturated heterocycles. The van der Waals surface area contributed by atoms with Crippen LogP contribution >= 0.6 is 0 Å². The minimum absolute atomic E-state index is 0.270. The zero-order valence-corrected chi connectivity index (χ0v) is 11.5. The highest BCUT2D eigenvalue weighted by atomic mass is 16.5. The van der Waals surface area contributed by atoms with Crippen LogP contribution in [0.25, 0.3) is 0 Å². The molecule has 0 aliphatic heterocycles. The summed E-state index contributed by atoms with van der Waals surface area (Å²) < 4.78 is 5.48. The van der Waals surface area contributed by atoms with Crippen molar-refractivity contribution in [2.75, 3.05) is 26.7 Å². The van der Waals surface area contributed by atoms with Crippen LogP contribution in [-0.2, 0) is 4.74 Å². The fourth-order valence-corrected chi connectivity index (χ4v) is 3.28. The second-order valence-corrected chi connectivity index (χ2v) is 5.85. The van der Waals surface area contributed by atoms with Crippen LogP contribution in [0, 0.1) is 5.92 Å². The number of rotatable bonds is 6. The number of likely N-dealkylation sites (N-methyl/N-ethyl adjacent to an activating group) is 1. The lowest BCUT2D eigenvalue weighted by molar-refractivity contribution is -0.00677.